The van der Waals surface area contributed by atoms with Gasteiger partial charge in [0.15, 0.2) is 0 Å². The maximum absolute atomic E-state index is 8.65. The predicted octanol–water partition coefficient (Wildman–Crippen LogP) is 2.09. The van der Waals surface area contributed by atoms with E-state index in [0.29, 0.717) is 0 Å². The van der Waals surface area contributed by atoms with E-state index in [-0.39, 0.29) is 6.04 Å². The summed E-state index contributed by atoms with van der Waals surface area (Å²) in [6.07, 6.45) is 0. The summed E-state index contributed by atoms with van der Waals surface area (Å²) < 4.78 is 0. The first-order valence-corrected chi connectivity index (χ1v) is 4.74. The Kier molecular flexibility index (Phi) is 3.27. The number of nitrogens with zero attached hydrogens (tertiary/aromatic N) is 2. The molecule has 0 aliphatic carbocycles. The normalized spacial score (nSPS) is 12.8. The highest BCUT2D eigenvalue weighted by Gasteiger charge is 2.07. The van der Waals surface area contributed by atoms with E-state index in [1.54, 1.807) is 11.3 Å². The Balaban J connectivity index is 2.48. The third-order valence-corrected chi connectivity index (χ3v) is 2.69. The van der Waals surface area contributed by atoms with Crippen LogP contribution in [-0.2, 0) is 6.54 Å². The SMILES string of the molecule is CC(C#N)N(C)Cc1cccs1. The van der Waals surface area contributed by atoms with Crippen LogP contribution in [0.3, 0.4) is 0 Å². The minimum Gasteiger partial charge on any atom is -0.286 e. The molecule has 0 radical (unpaired) electrons. The first-order chi connectivity index (χ1) is 5.74. The van der Waals surface area contributed by atoms with Gasteiger partial charge in [-0.2, -0.15) is 5.26 Å². The van der Waals surface area contributed by atoms with Gasteiger partial charge in [0.1, 0.15) is 0 Å². The molecule has 12 heavy (non-hydrogen) atoms. The molecule has 1 aromatic heterocycles. The van der Waals surface area contributed by atoms with E-state index < -0.39 is 0 Å². The molecule has 64 valence electrons. The quantitative estimate of drug-likeness (QED) is 0.712. The Bertz CT molecular complexity index is 261. The zero-order chi connectivity index (χ0) is 8.97. The van der Waals surface area contributed by atoms with E-state index in [9.17, 15) is 0 Å². The van der Waals surface area contributed by atoms with Gasteiger partial charge in [0.05, 0.1) is 12.1 Å². The molecule has 0 saturated heterocycles. The van der Waals surface area contributed by atoms with Gasteiger partial charge < -0.3 is 0 Å². The lowest BCUT2D eigenvalue weighted by molar-refractivity contribution is 0.297. The van der Waals surface area contributed by atoms with Crippen LogP contribution in [0.4, 0.5) is 0 Å². The van der Waals surface area contributed by atoms with Crippen LogP contribution in [-0.4, -0.2) is 18.0 Å². The van der Waals surface area contributed by atoms with Gasteiger partial charge in [-0.05, 0) is 25.4 Å². The van der Waals surface area contributed by atoms with Crippen molar-refractivity contribution in [2.75, 3.05) is 7.05 Å². The topological polar surface area (TPSA) is 27.0 Å². The zero-order valence-electron chi connectivity index (χ0n) is 7.32. The lowest BCUT2D eigenvalue weighted by atomic mass is 10.3. The monoisotopic (exact) mass is 180 g/mol. The highest BCUT2D eigenvalue weighted by atomic mass is 32.1. The Morgan fingerprint density at radius 3 is 3.00 bits per heavy atom. The van der Waals surface area contributed by atoms with E-state index >= 15 is 0 Å². The van der Waals surface area contributed by atoms with Crippen LogP contribution in [0.5, 0.6) is 0 Å². The van der Waals surface area contributed by atoms with Crippen molar-refractivity contribution in [2.24, 2.45) is 0 Å². The molecule has 0 saturated carbocycles. The van der Waals surface area contributed by atoms with Gasteiger partial charge in [-0.15, -0.1) is 11.3 Å². The van der Waals surface area contributed by atoms with Crippen LogP contribution >= 0.6 is 11.3 Å². The fourth-order valence-electron chi connectivity index (χ4n) is 0.884. The molecule has 3 heteroatoms. The second-order valence-corrected chi connectivity index (χ2v) is 3.83. The van der Waals surface area contributed by atoms with Gasteiger partial charge in [-0.25, -0.2) is 0 Å². The van der Waals surface area contributed by atoms with Gasteiger partial charge in [0, 0.05) is 11.4 Å². The van der Waals surface area contributed by atoms with Gasteiger partial charge in [0.25, 0.3) is 0 Å². The standard InChI is InChI=1S/C9H12N2S/c1-8(6-10)11(2)7-9-4-3-5-12-9/h3-5,8H,7H2,1-2H3. The molecule has 0 aliphatic heterocycles. The largest absolute Gasteiger partial charge is 0.286 e. The summed E-state index contributed by atoms with van der Waals surface area (Å²) in [6.45, 7) is 2.78. The smallest absolute Gasteiger partial charge is 0.0950 e. The molecule has 0 aromatic carbocycles. The van der Waals surface area contributed by atoms with Gasteiger partial charge in [-0.1, -0.05) is 6.07 Å². The first kappa shape index (κ1) is 9.24. The molecule has 0 aliphatic rings. The van der Waals surface area contributed by atoms with Crippen molar-refractivity contribution in [3.63, 3.8) is 0 Å². The van der Waals surface area contributed by atoms with Gasteiger partial charge in [0.2, 0.25) is 0 Å². The van der Waals surface area contributed by atoms with Crippen LogP contribution in [0.1, 0.15) is 11.8 Å². The minimum absolute atomic E-state index is 0.00731. The molecule has 1 atom stereocenters. The van der Waals surface area contributed by atoms with Crippen molar-refractivity contribution in [3.8, 4) is 6.07 Å². The van der Waals surface area contributed by atoms with Crippen LogP contribution in [0, 0.1) is 11.3 Å². The average molecular weight is 180 g/mol. The highest BCUT2D eigenvalue weighted by Crippen LogP contribution is 2.11. The van der Waals surface area contributed by atoms with Gasteiger partial charge in [-0.3, -0.25) is 4.90 Å². The molecule has 0 fully saturated rings. The molecular weight excluding hydrogens is 168 g/mol. The second kappa shape index (κ2) is 4.24. The van der Waals surface area contributed by atoms with Crippen molar-refractivity contribution in [3.05, 3.63) is 22.4 Å². The zero-order valence-corrected chi connectivity index (χ0v) is 8.14. The van der Waals surface area contributed by atoms with Crippen molar-refractivity contribution in [1.29, 1.82) is 5.26 Å². The number of nitriles is 1. The molecule has 0 amide bonds. The van der Waals surface area contributed by atoms with Crippen molar-refractivity contribution < 1.29 is 0 Å². The van der Waals surface area contributed by atoms with Crippen LogP contribution in [0.15, 0.2) is 17.5 Å². The summed E-state index contributed by atoms with van der Waals surface area (Å²) in [5.74, 6) is 0. The maximum atomic E-state index is 8.65. The predicted molar refractivity (Wildman–Crippen MR) is 50.9 cm³/mol. The van der Waals surface area contributed by atoms with Crippen molar-refractivity contribution >= 4 is 11.3 Å². The molecular formula is C9H12N2S. The lowest BCUT2D eigenvalue weighted by Crippen LogP contribution is -2.26. The molecule has 0 spiro atoms. The van der Waals surface area contributed by atoms with Crippen molar-refractivity contribution in [2.45, 2.75) is 19.5 Å². The van der Waals surface area contributed by atoms with Crippen molar-refractivity contribution in [1.82, 2.24) is 4.90 Å². The molecule has 0 bridgehead atoms. The summed E-state index contributed by atoms with van der Waals surface area (Å²) in [5, 5.41) is 10.7. The van der Waals surface area contributed by atoms with E-state index in [1.165, 1.54) is 4.88 Å². The summed E-state index contributed by atoms with van der Waals surface area (Å²) in [6, 6.07) is 6.32. The summed E-state index contributed by atoms with van der Waals surface area (Å²) >= 11 is 1.73. The summed E-state index contributed by atoms with van der Waals surface area (Å²) in [4.78, 5) is 3.34. The molecule has 0 N–H and O–H groups in total. The molecule has 1 rings (SSSR count). The number of hydrogen-bond acceptors (Lipinski definition) is 3. The van der Waals surface area contributed by atoms with E-state index in [2.05, 4.69) is 17.5 Å². The molecule has 1 unspecified atom stereocenters. The Morgan fingerprint density at radius 1 is 1.75 bits per heavy atom. The Hall–Kier alpha value is -0.850. The number of rotatable bonds is 3. The van der Waals surface area contributed by atoms with Crippen LogP contribution in [0.2, 0.25) is 0 Å². The Morgan fingerprint density at radius 2 is 2.50 bits per heavy atom. The molecule has 1 aromatic rings. The van der Waals surface area contributed by atoms with E-state index in [1.807, 2.05) is 24.9 Å². The fourth-order valence-corrected chi connectivity index (χ4v) is 1.65. The summed E-state index contributed by atoms with van der Waals surface area (Å²) in [5.41, 5.74) is 0. The van der Waals surface area contributed by atoms with Crippen LogP contribution < -0.4 is 0 Å². The first-order valence-electron chi connectivity index (χ1n) is 3.86. The summed E-state index contributed by atoms with van der Waals surface area (Å²) in [7, 11) is 1.97. The minimum atomic E-state index is -0.00731. The van der Waals surface area contributed by atoms with Crippen LogP contribution in [0.25, 0.3) is 0 Å². The number of thiophene rings is 1. The fraction of sp³-hybridized carbons (Fsp3) is 0.444. The molecule has 1 heterocycles. The lowest BCUT2D eigenvalue weighted by Gasteiger charge is -2.17. The average Bonchev–Trinajstić information content (AvgIpc) is 2.55. The highest BCUT2D eigenvalue weighted by molar-refractivity contribution is 7.09. The van der Waals surface area contributed by atoms with E-state index in [4.69, 9.17) is 5.26 Å². The third-order valence-electron chi connectivity index (χ3n) is 1.83. The Labute approximate surface area is 77.0 Å². The molecule has 2 nitrogen and oxygen atoms in total. The number of hydrogen-bond donors (Lipinski definition) is 0. The third kappa shape index (κ3) is 2.33. The second-order valence-electron chi connectivity index (χ2n) is 2.80. The maximum Gasteiger partial charge on any atom is 0.0950 e. The van der Waals surface area contributed by atoms with Gasteiger partial charge >= 0.3 is 0 Å². The van der Waals surface area contributed by atoms with E-state index in [0.717, 1.165) is 6.54 Å².